The largest absolute Gasteiger partial charge is 0.378 e. The summed E-state index contributed by atoms with van der Waals surface area (Å²) in [5, 5.41) is 4.49. The quantitative estimate of drug-likeness (QED) is 0.751. The van der Waals surface area contributed by atoms with Gasteiger partial charge in [-0.2, -0.15) is 0 Å². The van der Waals surface area contributed by atoms with Crippen LogP contribution < -0.4 is 10.2 Å². The van der Waals surface area contributed by atoms with Crippen molar-refractivity contribution in [1.82, 2.24) is 15.3 Å². The number of anilines is 1. The monoisotopic (exact) mass is 382 g/mol. The molecular formula is C20H19ClN4O2. The lowest BCUT2D eigenvalue weighted by Gasteiger charge is -2.28. The van der Waals surface area contributed by atoms with E-state index >= 15 is 0 Å². The van der Waals surface area contributed by atoms with Crippen LogP contribution in [-0.4, -0.2) is 42.2 Å². The zero-order valence-electron chi connectivity index (χ0n) is 14.7. The summed E-state index contributed by atoms with van der Waals surface area (Å²) in [6.45, 7) is 3.34. The second kappa shape index (κ2) is 7.90. The van der Waals surface area contributed by atoms with E-state index in [0.29, 0.717) is 30.3 Å². The van der Waals surface area contributed by atoms with Crippen LogP contribution in [0.15, 0.2) is 48.8 Å². The molecule has 0 spiro atoms. The van der Waals surface area contributed by atoms with Crippen molar-refractivity contribution >= 4 is 34.2 Å². The number of fused-ring (bicyclic) bond motifs is 1. The molecule has 6 nitrogen and oxygen atoms in total. The maximum atomic E-state index is 12.6. The number of nitrogens with zero attached hydrogens (tertiary/aromatic N) is 3. The van der Waals surface area contributed by atoms with Crippen molar-refractivity contribution in [1.29, 1.82) is 0 Å². The molecule has 1 N–H and O–H groups in total. The Morgan fingerprint density at radius 3 is 2.67 bits per heavy atom. The maximum Gasteiger partial charge on any atom is 0.251 e. The van der Waals surface area contributed by atoms with Crippen LogP contribution in [0.25, 0.3) is 10.9 Å². The van der Waals surface area contributed by atoms with Gasteiger partial charge in [-0.1, -0.05) is 23.7 Å². The number of carbonyl (C=O) groups excluding carboxylic acids is 1. The second-order valence-electron chi connectivity index (χ2n) is 6.34. The molecule has 7 heteroatoms. The number of halogens is 1. The third-order valence-electron chi connectivity index (χ3n) is 4.55. The highest BCUT2D eigenvalue weighted by Gasteiger charge is 2.17. The molecule has 2 heterocycles. The summed E-state index contributed by atoms with van der Waals surface area (Å²) in [5.41, 5.74) is 2.40. The molecule has 1 aliphatic heterocycles. The Kier molecular flexibility index (Phi) is 5.18. The topological polar surface area (TPSA) is 67.4 Å². The highest BCUT2D eigenvalue weighted by molar-refractivity contribution is 6.30. The molecule has 0 bridgehead atoms. The van der Waals surface area contributed by atoms with E-state index in [1.54, 1.807) is 12.4 Å². The molecule has 2 aromatic carbocycles. The third kappa shape index (κ3) is 4.02. The first kappa shape index (κ1) is 17.7. The van der Waals surface area contributed by atoms with E-state index in [0.717, 1.165) is 35.4 Å². The molecule has 1 aliphatic rings. The van der Waals surface area contributed by atoms with E-state index < -0.39 is 0 Å². The number of nitrogens with one attached hydrogen (secondary N) is 1. The normalized spacial score (nSPS) is 14.3. The smallest absolute Gasteiger partial charge is 0.251 e. The molecule has 0 atom stereocenters. The van der Waals surface area contributed by atoms with Crippen molar-refractivity contribution in [2.24, 2.45) is 0 Å². The average Bonchev–Trinajstić information content (AvgIpc) is 2.73. The Morgan fingerprint density at radius 1 is 1.11 bits per heavy atom. The number of aromatic nitrogens is 2. The molecule has 4 rings (SSSR count). The first-order valence-corrected chi connectivity index (χ1v) is 9.18. The van der Waals surface area contributed by atoms with Crippen LogP contribution in [0.5, 0.6) is 0 Å². The van der Waals surface area contributed by atoms with Crippen LogP contribution in [0.1, 0.15) is 15.9 Å². The van der Waals surface area contributed by atoms with Gasteiger partial charge in [0.05, 0.1) is 18.7 Å². The highest BCUT2D eigenvalue weighted by Crippen LogP contribution is 2.24. The number of hydrogen-bond acceptors (Lipinski definition) is 5. The Bertz CT molecular complexity index is 956. The van der Waals surface area contributed by atoms with Gasteiger partial charge < -0.3 is 15.0 Å². The highest BCUT2D eigenvalue weighted by atomic mass is 35.5. The second-order valence-corrected chi connectivity index (χ2v) is 6.77. The van der Waals surface area contributed by atoms with E-state index in [-0.39, 0.29) is 5.91 Å². The fourth-order valence-electron chi connectivity index (χ4n) is 3.10. The zero-order valence-corrected chi connectivity index (χ0v) is 15.4. The van der Waals surface area contributed by atoms with Crippen molar-refractivity contribution < 1.29 is 9.53 Å². The van der Waals surface area contributed by atoms with Gasteiger partial charge in [-0.15, -0.1) is 0 Å². The van der Waals surface area contributed by atoms with Crippen LogP contribution in [0.4, 0.5) is 5.82 Å². The van der Waals surface area contributed by atoms with Gasteiger partial charge in [-0.05, 0) is 35.9 Å². The van der Waals surface area contributed by atoms with Gasteiger partial charge in [0.15, 0.2) is 0 Å². The molecule has 138 valence electrons. The predicted molar refractivity (Wildman–Crippen MR) is 105 cm³/mol. The summed E-state index contributed by atoms with van der Waals surface area (Å²) >= 11 is 5.89. The van der Waals surface area contributed by atoms with Gasteiger partial charge in [-0.25, -0.2) is 9.97 Å². The van der Waals surface area contributed by atoms with E-state index in [1.807, 2.05) is 36.4 Å². The third-order valence-corrected chi connectivity index (χ3v) is 4.81. The minimum Gasteiger partial charge on any atom is -0.378 e. The van der Waals surface area contributed by atoms with Gasteiger partial charge in [0.2, 0.25) is 0 Å². The van der Waals surface area contributed by atoms with Crippen molar-refractivity contribution in [2.75, 3.05) is 31.2 Å². The van der Waals surface area contributed by atoms with Crippen LogP contribution >= 0.6 is 11.6 Å². The first-order valence-electron chi connectivity index (χ1n) is 8.81. The van der Waals surface area contributed by atoms with Gasteiger partial charge in [0, 0.05) is 35.6 Å². The van der Waals surface area contributed by atoms with Gasteiger partial charge in [-0.3, -0.25) is 4.79 Å². The lowest BCUT2D eigenvalue weighted by atomic mass is 10.1. The Labute approximate surface area is 162 Å². The summed E-state index contributed by atoms with van der Waals surface area (Å²) in [6, 6.07) is 12.9. The first-order chi connectivity index (χ1) is 13.2. The van der Waals surface area contributed by atoms with E-state index in [2.05, 4.69) is 20.2 Å². The molecule has 0 radical (unpaired) electrons. The van der Waals surface area contributed by atoms with E-state index in [9.17, 15) is 4.79 Å². The summed E-state index contributed by atoms with van der Waals surface area (Å²) in [5.74, 6) is 0.708. The standard InChI is InChI=1S/C20H19ClN4O2/c21-16-4-1-14(2-5-16)12-22-20(26)15-3-6-18-17(11-15)19(24-13-23-18)25-7-9-27-10-8-25/h1-6,11,13H,7-10,12H2,(H,22,26). The van der Waals surface area contributed by atoms with Crippen LogP contribution in [0.3, 0.4) is 0 Å². The van der Waals surface area contributed by atoms with Gasteiger partial charge in [0.1, 0.15) is 12.1 Å². The molecule has 1 saturated heterocycles. The van der Waals surface area contributed by atoms with Gasteiger partial charge >= 0.3 is 0 Å². The molecule has 1 aromatic heterocycles. The van der Waals surface area contributed by atoms with Crippen molar-refractivity contribution in [3.05, 3.63) is 64.9 Å². The number of rotatable bonds is 4. The molecule has 0 unspecified atom stereocenters. The van der Waals surface area contributed by atoms with Crippen molar-refractivity contribution in [3.8, 4) is 0 Å². The number of ether oxygens (including phenoxy) is 1. The average molecular weight is 383 g/mol. The molecule has 0 aliphatic carbocycles. The molecule has 1 fully saturated rings. The lowest BCUT2D eigenvalue weighted by Crippen LogP contribution is -2.36. The Balaban J connectivity index is 1.56. The lowest BCUT2D eigenvalue weighted by molar-refractivity contribution is 0.0951. The van der Waals surface area contributed by atoms with Crippen molar-refractivity contribution in [3.63, 3.8) is 0 Å². The number of hydrogen-bond donors (Lipinski definition) is 1. The summed E-state index contributed by atoms with van der Waals surface area (Å²) < 4.78 is 5.42. The number of benzene rings is 2. The summed E-state index contributed by atoms with van der Waals surface area (Å²) in [6.07, 6.45) is 1.56. The zero-order chi connectivity index (χ0) is 18.6. The minimum absolute atomic E-state index is 0.136. The van der Waals surface area contributed by atoms with Crippen LogP contribution in [0, 0.1) is 0 Å². The summed E-state index contributed by atoms with van der Waals surface area (Å²) in [4.78, 5) is 23.5. The van der Waals surface area contributed by atoms with Crippen LogP contribution in [-0.2, 0) is 11.3 Å². The molecule has 27 heavy (non-hydrogen) atoms. The van der Waals surface area contributed by atoms with Crippen LogP contribution in [0.2, 0.25) is 5.02 Å². The molecule has 0 saturated carbocycles. The predicted octanol–water partition coefficient (Wildman–Crippen LogP) is 3.05. The fraction of sp³-hybridized carbons (Fsp3) is 0.250. The van der Waals surface area contributed by atoms with E-state index in [4.69, 9.17) is 16.3 Å². The van der Waals surface area contributed by atoms with E-state index in [1.165, 1.54) is 0 Å². The number of amides is 1. The minimum atomic E-state index is -0.136. The fourth-order valence-corrected chi connectivity index (χ4v) is 3.22. The molecule has 3 aromatic rings. The Morgan fingerprint density at radius 2 is 1.89 bits per heavy atom. The van der Waals surface area contributed by atoms with Gasteiger partial charge in [0.25, 0.3) is 5.91 Å². The SMILES string of the molecule is O=C(NCc1ccc(Cl)cc1)c1ccc2ncnc(N3CCOCC3)c2c1. The molecule has 1 amide bonds. The number of carbonyl (C=O) groups is 1. The maximum absolute atomic E-state index is 12.6. The van der Waals surface area contributed by atoms with Crippen molar-refractivity contribution in [2.45, 2.75) is 6.54 Å². The number of morpholine rings is 1. The summed E-state index contributed by atoms with van der Waals surface area (Å²) in [7, 11) is 0. The molecular weight excluding hydrogens is 364 g/mol. The Hall–Kier alpha value is -2.70.